The van der Waals surface area contributed by atoms with Crippen molar-refractivity contribution in [3.63, 3.8) is 0 Å². The molecule has 0 aliphatic carbocycles. The Hall–Kier alpha value is -1.30. The van der Waals surface area contributed by atoms with Gasteiger partial charge in [-0.25, -0.2) is 4.98 Å². The number of pyridine rings is 1. The van der Waals surface area contributed by atoms with Crippen molar-refractivity contribution in [2.75, 3.05) is 31.1 Å². The van der Waals surface area contributed by atoms with Gasteiger partial charge in [-0.05, 0) is 50.9 Å². The largest absolute Gasteiger partial charge is 0.433 e. The molecule has 2 rings (SSSR count). The van der Waals surface area contributed by atoms with Crippen LogP contribution < -0.4 is 10.2 Å². The van der Waals surface area contributed by atoms with Crippen LogP contribution in [-0.2, 0) is 6.18 Å². The summed E-state index contributed by atoms with van der Waals surface area (Å²) in [5.74, 6) is 0.938. The summed E-state index contributed by atoms with van der Waals surface area (Å²) >= 11 is 0. The topological polar surface area (TPSA) is 28.2 Å². The maximum Gasteiger partial charge on any atom is 0.433 e. The third kappa shape index (κ3) is 3.85. The number of aromatic nitrogens is 1. The molecular weight excluding hydrogens is 267 g/mol. The van der Waals surface area contributed by atoms with Crippen LogP contribution >= 0.6 is 0 Å². The smallest absolute Gasteiger partial charge is 0.357 e. The Morgan fingerprint density at radius 1 is 1.30 bits per heavy atom. The molecule has 1 N–H and O–H groups in total. The van der Waals surface area contributed by atoms with Gasteiger partial charge in [0.1, 0.15) is 11.5 Å². The fraction of sp³-hybridized carbons (Fsp3) is 0.643. The van der Waals surface area contributed by atoms with E-state index in [4.69, 9.17) is 0 Å². The van der Waals surface area contributed by atoms with Crippen molar-refractivity contribution in [1.82, 2.24) is 10.3 Å². The van der Waals surface area contributed by atoms with Crippen LogP contribution in [0.2, 0.25) is 0 Å². The Balaban J connectivity index is 2.10. The number of hydrogen-bond donors (Lipinski definition) is 1. The Kier molecular flexibility index (Phi) is 4.86. The van der Waals surface area contributed by atoms with Gasteiger partial charge in [0.15, 0.2) is 0 Å². The van der Waals surface area contributed by atoms with Gasteiger partial charge in [-0.2, -0.15) is 13.2 Å². The zero-order chi connectivity index (χ0) is 14.6. The molecule has 1 aromatic heterocycles. The van der Waals surface area contributed by atoms with Crippen molar-refractivity contribution in [2.45, 2.75) is 25.9 Å². The molecule has 6 heteroatoms. The molecule has 1 fully saturated rings. The molecule has 0 bridgehead atoms. The highest BCUT2D eigenvalue weighted by Crippen LogP contribution is 2.29. The third-order valence-electron chi connectivity index (χ3n) is 3.67. The number of alkyl halides is 3. The first-order valence-electron chi connectivity index (χ1n) is 7.00. The molecule has 0 amide bonds. The van der Waals surface area contributed by atoms with Crippen LogP contribution in [0.5, 0.6) is 0 Å². The van der Waals surface area contributed by atoms with E-state index in [9.17, 15) is 13.2 Å². The molecule has 0 spiro atoms. The summed E-state index contributed by atoms with van der Waals surface area (Å²) in [7, 11) is 0. The summed E-state index contributed by atoms with van der Waals surface area (Å²) in [4.78, 5) is 5.70. The molecule has 1 aliphatic heterocycles. The van der Waals surface area contributed by atoms with Crippen LogP contribution in [-0.4, -0.2) is 31.2 Å². The number of nitrogens with zero attached hydrogens (tertiary/aromatic N) is 2. The number of hydrogen-bond acceptors (Lipinski definition) is 3. The highest BCUT2D eigenvalue weighted by Gasteiger charge is 2.32. The molecule has 1 aliphatic rings. The standard InChI is InChI=1S/C14H20F3N3/c1-2-20(10-11-6-8-18-9-7-11)13-5-3-4-12(19-13)14(15,16)17/h3-5,11,18H,2,6-10H2,1H3. The van der Waals surface area contributed by atoms with E-state index < -0.39 is 11.9 Å². The van der Waals surface area contributed by atoms with E-state index >= 15 is 0 Å². The average Bonchev–Trinajstić information content (AvgIpc) is 2.45. The van der Waals surface area contributed by atoms with Gasteiger partial charge in [0.25, 0.3) is 0 Å². The lowest BCUT2D eigenvalue weighted by molar-refractivity contribution is -0.141. The zero-order valence-corrected chi connectivity index (χ0v) is 11.6. The maximum atomic E-state index is 12.7. The summed E-state index contributed by atoms with van der Waals surface area (Å²) in [5.41, 5.74) is -0.821. The minimum absolute atomic E-state index is 0.417. The first-order chi connectivity index (χ1) is 9.50. The minimum atomic E-state index is -4.38. The predicted molar refractivity (Wildman–Crippen MR) is 72.7 cm³/mol. The number of piperidine rings is 1. The predicted octanol–water partition coefficient (Wildman–Crippen LogP) is 2.93. The van der Waals surface area contributed by atoms with Gasteiger partial charge in [0.2, 0.25) is 0 Å². The molecule has 3 nitrogen and oxygen atoms in total. The summed E-state index contributed by atoms with van der Waals surface area (Å²) in [6, 6.07) is 4.10. The lowest BCUT2D eigenvalue weighted by Gasteiger charge is -2.30. The second-order valence-electron chi connectivity index (χ2n) is 5.11. The van der Waals surface area contributed by atoms with E-state index in [1.807, 2.05) is 11.8 Å². The van der Waals surface area contributed by atoms with E-state index in [1.54, 1.807) is 6.07 Å². The van der Waals surface area contributed by atoms with Crippen molar-refractivity contribution in [3.8, 4) is 0 Å². The van der Waals surface area contributed by atoms with Gasteiger partial charge in [0, 0.05) is 13.1 Å². The number of halogens is 3. The van der Waals surface area contributed by atoms with Crippen molar-refractivity contribution in [1.29, 1.82) is 0 Å². The van der Waals surface area contributed by atoms with E-state index in [0.717, 1.165) is 38.5 Å². The lowest BCUT2D eigenvalue weighted by Crippen LogP contribution is -2.36. The molecule has 0 saturated carbocycles. The fourth-order valence-electron chi connectivity index (χ4n) is 2.52. The Labute approximate surface area is 117 Å². The normalized spacial score (nSPS) is 17.2. The van der Waals surface area contributed by atoms with Gasteiger partial charge in [-0.15, -0.1) is 0 Å². The van der Waals surface area contributed by atoms with Gasteiger partial charge < -0.3 is 10.2 Å². The average molecular weight is 287 g/mol. The van der Waals surface area contributed by atoms with Crippen LogP contribution in [0.1, 0.15) is 25.5 Å². The molecule has 1 saturated heterocycles. The summed E-state index contributed by atoms with van der Waals surface area (Å²) in [5, 5.41) is 3.29. The van der Waals surface area contributed by atoms with Gasteiger partial charge in [-0.1, -0.05) is 6.07 Å². The van der Waals surface area contributed by atoms with Crippen molar-refractivity contribution < 1.29 is 13.2 Å². The Bertz CT molecular complexity index is 428. The highest BCUT2D eigenvalue weighted by atomic mass is 19.4. The molecule has 1 aromatic rings. The number of rotatable bonds is 4. The number of nitrogens with one attached hydrogen (secondary N) is 1. The van der Waals surface area contributed by atoms with Crippen LogP contribution in [0.4, 0.5) is 19.0 Å². The summed E-state index contributed by atoms with van der Waals surface area (Å²) < 4.78 is 38.1. The van der Waals surface area contributed by atoms with E-state index in [1.165, 1.54) is 6.07 Å². The maximum absolute atomic E-state index is 12.7. The van der Waals surface area contributed by atoms with Gasteiger partial charge in [-0.3, -0.25) is 0 Å². The first kappa shape index (κ1) is 15.1. The van der Waals surface area contributed by atoms with Gasteiger partial charge >= 0.3 is 6.18 Å². The van der Waals surface area contributed by atoms with Crippen LogP contribution in [0.25, 0.3) is 0 Å². The Morgan fingerprint density at radius 3 is 2.60 bits per heavy atom. The van der Waals surface area contributed by atoms with E-state index in [2.05, 4.69) is 10.3 Å². The summed E-state index contributed by atoms with van der Waals surface area (Å²) in [6.07, 6.45) is -2.25. The fourth-order valence-corrected chi connectivity index (χ4v) is 2.52. The van der Waals surface area contributed by atoms with E-state index in [-0.39, 0.29) is 0 Å². The first-order valence-corrected chi connectivity index (χ1v) is 7.00. The van der Waals surface area contributed by atoms with Crippen molar-refractivity contribution >= 4 is 5.82 Å². The molecule has 112 valence electrons. The molecule has 0 radical (unpaired) electrons. The molecule has 2 heterocycles. The number of anilines is 1. The molecule has 0 unspecified atom stereocenters. The van der Waals surface area contributed by atoms with Crippen LogP contribution in [0, 0.1) is 5.92 Å². The highest BCUT2D eigenvalue weighted by molar-refractivity contribution is 5.39. The third-order valence-corrected chi connectivity index (χ3v) is 3.67. The van der Waals surface area contributed by atoms with Gasteiger partial charge in [0.05, 0.1) is 0 Å². The van der Waals surface area contributed by atoms with Crippen molar-refractivity contribution in [2.24, 2.45) is 5.92 Å². The quantitative estimate of drug-likeness (QED) is 0.923. The second-order valence-corrected chi connectivity index (χ2v) is 5.11. The monoisotopic (exact) mass is 287 g/mol. The second kappa shape index (κ2) is 6.43. The molecular formula is C14H20F3N3. The zero-order valence-electron chi connectivity index (χ0n) is 11.6. The SMILES string of the molecule is CCN(CC1CCNCC1)c1cccc(C(F)(F)F)n1. The lowest BCUT2D eigenvalue weighted by atomic mass is 9.97. The molecule has 0 atom stereocenters. The van der Waals surface area contributed by atoms with Crippen LogP contribution in [0.3, 0.4) is 0 Å². The minimum Gasteiger partial charge on any atom is -0.357 e. The van der Waals surface area contributed by atoms with Crippen molar-refractivity contribution in [3.05, 3.63) is 23.9 Å². The Morgan fingerprint density at radius 2 is 2.00 bits per heavy atom. The molecule has 20 heavy (non-hydrogen) atoms. The van der Waals surface area contributed by atoms with Crippen LogP contribution in [0.15, 0.2) is 18.2 Å². The molecule has 0 aromatic carbocycles. The summed E-state index contributed by atoms with van der Waals surface area (Å²) in [6.45, 7) is 5.35. The van der Waals surface area contributed by atoms with E-state index in [0.29, 0.717) is 18.3 Å².